The van der Waals surface area contributed by atoms with Crippen LogP contribution in [0.15, 0.2) is 89.7 Å². The molecule has 1 N–H and O–H groups in total. The molecular weight excluding hydrogens is 827 g/mol. The number of thioether (sulfide) groups is 1. The number of hydrogen-bond donors (Lipinski definition) is 1. The largest absolute Gasteiger partial charge is 0.494 e. The maximum absolute atomic E-state index is 13.7. The average Bonchev–Trinajstić information content (AvgIpc) is 4.05. The van der Waals surface area contributed by atoms with Crippen molar-refractivity contribution in [1.29, 1.82) is 0 Å². The first-order valence-electron chi connectivity index (χ1n) is 20.5. The molecule has 3 heterocycles. The Morgan fingerprint density at radius 1 is 0.902 bits per heavy atom. The number of aliphatic carboxylic acids is 1. The molecular formula is C48H43N3O7S3. The van der Waals surface area contributed by atoms with E-state index in [1.54, 1.807) is 0 Å². The Morgan fingerprint density at radius 2 is 1.64 bits per heavy atom. The van der Waals surface area contributed by atoms with Gasteiger partial charge in [-0.15, -0.1) is 11.3 Å². The summed E-state index contributed by atoms with van der Waals surface area (Å²) in [4.78, 5) is 59.4. The normalized spacial score (nSPS) is 19.0. The van der Waals surface area contributed by atoms with Crippen LogP contribution in [0.4, 0.5) is 11.4 Å². The number of carbonyl (C=O) groups excluding carboxylic acids is 3. The molecule has 9 rings (SSSR count). The lowest BCUT2D eigenvalue weighted by atomic mass is 9.96. The van der Waals surface area contributed by atoms with Crippen LogP contribution >= 0.6 is 35.3 Å². The number of fused-ring (bicyclic) bond motifs is 6. The molecule has 2 fully saturated rings. The van der Waals surface area contributed by atoms with Crippen LogP contribution in [-0.2, 0) is 25.7 Å². The van der Waals surface area contributed by atoms with Gasteiger partial charge in [-0.1, -0.05) is 98.7 Å². The Hall–Kier alpha value is -5.85. The smallest absolute Gasteiger partial charge is 0.373 e. The van der Waals surface area contributed by atoms with Crippen LogP contribution in [0.25, 0.3) is 33.8 Å². The zero-order valence-corrected chi connectivity index (χ0v) is 36.2. The van der Waals surface area contributed by atoms with Gasteiger partial charge in [0.25, 0.3) is 11.5 Å². The lowest BCUT2D eigenvalue weighted by Crippen LogP contribution is -2.35. The number of rotatable bonds is 11. The van der Waals surface area contributed by atoms with E-state index >= 15 is 0 Å². The van der Waals surface area contributed by atoms with E-state index < -0.39 is 18.1 Å². The Balaban J connectivity index is 0.00000166. The van der Waals surface area contributed by atoms with Crippen LogP contribution in [0.1, 0.15) is 86.1 Å². The summed E-state index contributed by atoms with van der Waals surface area (Å²) >= 11 is 7.68. The van der Waals surface area contributed by atoms with Gasteiger partial charge in [-0.05, 0) is 119 Å². The van der Waals surface area contributed by atoms with Crippen LogP contribution in [0.3, 0.4) is 0 Å². The molecule has 13 heteroatoms. The molecule has 2 atom stereocenters. The molecule has 310 valence electrons. The molecule has 2 aliphatic heterocycles. The summed E-state index contributed by atoms with van der Waals surface area (Å²) in [6.07, 6.45) is 11.1. The van der Waals surface area contributed by atoms with E-state index in [1.807, 2.05) is 19.1 Å². The van der Waals surface area contributed by atoms with Crippen LogP contribution in [-0.4, -0.2) is 56.1 Å². The standard InChI is InChI=1S/C47H43N3O5S3.CO2/c1-3-5-8-22-55-31-18-14-28(15-19-31)23-36-33-11-7-6-10-32(33)34-20-17-30(26-37(34)36)50-39-13-9-12-35(39)38-24-29(16-21-40(38)50)25-41-44(53)49(27-42(51)52)46(57-41)43-45(54)48(4-2)47(56)58-43;2-1-3/h6-7,10-11,14-21,23-26,35,39H,3-5,8-9,12-13,22,27H2,1-2H3,(H,51,52);/b36-23+,41-25-,46-43+;. The molecule has 0 spiro atoms. The number of thiocarbonyl (C=S) groups is 1. The van der Waals surface area contributed by atoms with Crippen LogP contribution in [0.2, 0.25) is 0 Å². The summed E-state index contributed by atoms with van der Waals surface area (Å²) in [5.74, 6) is -0.211. The van der Waals surface area contributed by atoms with E-state index in [2.05, 4.69) is 96.8 Å². The van der Waals surface area contributed by atoms with E-state index in [9.17, 15) is 19.5 Å². The van der Waals surface area contributed by atoms with Gasteiger partial charge in [-0.3, -0.25) is 23.9 Å². The third-order valence-corrected chi connectivity index (χ3v) is 14.4. The minimum absolute atomic E-state index is 0.250. The van der Waals surface area contributed by atoms with Crippen molar-refractivity contribution < 1.29 is 29.0 Å². The molecule has 5 aromatic rings. The zero-order valence-electron chi connectivity index (χ0n) is 33.7. The number of benzene rings is 4. The number of ether oxygens (including phenoxy) is 1. The van der Waals surface area contributed by atoms with E-state index in [4.69, 9.17) is 26.5 Å². The van der Waals surface area contributed by atoms with Gasteiger partial charge in [-0.2, -0.15) is 9.59 Å². The molecule has 2 aliphatic carbocycles. The first-order valence-corrected chi connectivity index (χ1v) is 22.5. The number of hydrogen-bond acceptors (Lipinski definition) is 10. The fourth-order valence-electron chi connectivity index (χ4n) is 8.98. The van der Waals surface area contributed by atoms with Crippen LogP contribution in [0.5, 0.6) is 5.75 Å². The van der Waals surface area contributed by atoms with Gasteiger partial charge in [0, 0.05) is 29.9 Å². The predicted molar refractivity (Wildman–Crippen MR) is 244 cm³/mol. The van der Waals surface area contributed by atoms with Crippen molar-refractivity contribution in [1.82, 2.24) is 9.47 Å². The number of nitrogens with zero attached hydrogens (tertiary/aromatic N) is 3. The topological polar surface area (TPSA) is 126 Å². The molecule has 4 aliphatic rings. The maximum atomic E-state index is 13.7. The minimum atomic E-state index is -1.15. The summed E-state index contributed by atoms with van der Waals surface area (Å²) in [5, 5.41) is 9.69. The van der Waals surface area contributed by atoms with Crippen molar-refractivity contribution >= 4 is 91.7 Å². The molecule has 4 aromatic carbocycles. The number of amides is 1. The number of carboxylic acids is 1. The second-order valence-corrected chi connectivity index (χ2v) is 18.0. The first-order chi connectivity index (χ1) is 29.6. The molecule has 1 aromatic heterocycles. The van der Waals surface area contributed by atoms with E-state index in [1.165, 1.54) is 61.4 Å². The van der Waals surface area contributed by atoms with Crippen molar-refractivity contribution in [2.75, 3.05) is 18.1 Å². The highest BCUT2D eigenvalue weighted by Gasteiger charge is 2.42. The summed E-state index contributed by atoms with van der Waals surface area (Å²) in [6.45, 7) is 4.63. The quantitative estimate of drug-likeness (QED) is 0.101. The third-order valence-electron chi connectivity index (χ3n) is 11.7. The zero-order chi connectivity index (χ0) is 42.8. The van der Waals surface area contributed by atoms with Gasteiger partial charge in [0.15, 0.2) is 0 Å². The molecule has 2 unspecified atom stereocenters. The highest BCUT2D eigenvalue weighted by atomic mass is 32.2. The van der Waals surface area contributed by atoms with Crippen LogP contribution < -0.4 is 24.4 Å². The number of carbonyl (C=O) groups is 2. The fourth-order valence-corrected chi connectivity index (χ4v) is 11.6. The number of carboxylic acid groups (broad SMARTS) is 1. The highest BCUT2D eigenvalue weighted by molar-refractivity contribution is 8.30. The fraction of sp³-hybridized carbons (Fsp3) is 0.271. The van der Waals surface area contributed by atoms with Crippen molar-refractivity contribution in [2.45, 2.75) is 70.9 Å². The number of unbranched alkanes of at least 4 members (excludes halogenated alkanes) is 2. The van der Waals surface area contributed by atoms with E-state index in [0.29, 0.717) is 36.9 Å². The summed E-state index contributed by atoms with van der Waals surface area (Å²) < 4.78 is 8.29. The highest BCUT2D eigenvalue weighted by Crippen LogP contribution is 2.54. The Morgan fingerprint density at radius 3 is 2.36 bits per heavy atom. The molecule has 1 saturated heterocycles. The lowest BCUT2D eigenvalue weighted by molar-refractivity contribution is -0.191. The van der Waals surface area contributed by atoms with Gasteiger partial charge in [0.2, 0.25) is 0 Å². The van der Waals surface area contributed by atoms with Crippen molar-refractivity contribution in [3.8, 4) is 16.9 Å². The maximum Gasteiger partial charge on any atom is 0.373 e. The summed E-state index contributed by atoms with van der Waals surface area (Å²) in [6, 6.07) is 30.7. The molecule has 10 nitrogen and oxygen atoms in total. The summed E-state index contributed by atoms with van der Waals surface area (Å²) in [7, 11) is 0. The van der Waals surface area contributed by atoms with Crippen molar-refractivity contribution in [3.05, 3.63) is 132 Å². The minimum Gasteiger partial charge on any atom is -0.494 e. The predicted octanol–water partition coefficient (Wildman–Crippen LogP) is 8.15. The first kappa shape index (κ1) is 41.9. The molecule has 0 radical (unpaired) electrons. The van der Waals surface area contributed by atoms with Gasteiger partial charge in [0.05, 0.1) is 11.1 Å². The van der Waals surface area contributed by atoms with E-state index in [-0.39, 0.29) is 12.1 Å². The Kier molecular flexibility index (Phi) is 12.4. The van der Waals surface area contributed by atoms with Gasteiger partial charge in [-0.25, -0.2) is 0 Å². The van der Waals surface area contributed by atoms with Crippen molar-refractivity contribution in [2.24, 2.45) is 0 Å². The SMILES string of the molecule is CCCCCOc1ccc(/C=C2\c3ccccc3-c3ccc(N4c5ccc(/C=c6\s/c(=C7/SC(=S)N(CC)C7=O)n(CC(=O)O)c6=O)cc5C5CCCC54)cc32)cc1.O=C=O. The number of aromatic nitrogens is 1. The molecule has 1 saturated carbocycles. The van der Waals surface area contributed by atoms with Crippen molar-refractivity contribution in [3.63, 3.8) is 0 Å². The number of thiazole rings is 1. The monoisotopic (exact) mass is 869 g/mol. The lowest BCUT2D eigenvalue weighted by Gasteiger charge is -2.28. The Labute approximate surface area is 366 Å². The Bertz CT molecular complexity index is 2820. The molecule has 1 amide bonds. The molecule has 0 bridgehead atoms. The summed E-state index contributed by atoms with van der Waals surface area (Å²) in [5.41, 5.74) is 11.3. The molecule has 61 heavy (non-hydrogen) atoms. The van der Waals surface area contributed by atoms with Gasteiger partial charge >= 0.3 is 12.1 Å². The van der Waals surface area contributed by atoms with Gasteiger partial charge < -0.3 is 14.7 Å². The third kappa shape index (κ3) is 8.06. The second-order valence-electron chi connectivity index (χ2n) is 15.3. The number of anilines is 2. The average molecular weight is 870 g/mol. The second kappa shape index (κ2) is 18.0. The van der Waals surface area contributed by atoms with Gasteiger partial charge in [0.1, 0.15) is 26.2 Å². The van der Waals surface area contributed by atoms with Crippen LogP contribution in [0, 0.1) is 0 Å². The van der Waals surface area contributed by atoms with E-state index in [0.717, 1.165) is 78.0 Å².